The molecule has 0 bridgehead atoms. The fourth-order valence-corrected chi connectivity index (χ4v) is 6.95. The fourth-order valence-electron chi connectivity index (χ4n) is 6.95. The molecule has 5 rings (SSSR count). The van der Waals surface area contributed by atoms with Gasteiger partial charge in [-0.05, 0) is 118 Å². The summed E-state index contributed by atoms with van der Waals surface area (Å²) in [6, 6.07) is 28.1. The lowest BCUT2D eigenvalue weighted by molar-refractivity contribution is 0.858. The van der Waals surface area contributed by atoms with Gasteiger partial charge >= 0.3 is 0 Å². The Bertz CT molecular complexity index is 1400. The smallest absolute Gasteiger partial charge is 0.0496 e. The van der Waals surface area contributed by atoms with E-state index in [0.717, 1.165) is 38.5 Å². The van der Waals surface area contributed by atoms with E-state index < -0.39 is 0 Å². The van der Waals surface area contributed by atoms with E-state index in [0.29, 0.717) is 0 Å². The summed E-state index contributed by atoms with van der Waals surface area (Å²) in [7, 11) is 0. The third-order valence-corrected chi connectivity index (χ3v) is 9.21. The zero-order valence-electron chi connectivity index (χ0n) is 26.5. The first kappa shape index (κ1) is 29.7. The number of aromatic nitrogens is 2. The minimum atomic E-state index is 0.176. The van der Waals surface area contributed by atoms with Crippen molar-refractivity contribution in [3.05, 3.63) is 152 Å². The van der Waals surface area contributed by atoms with Crippen molar-refractivity contribution in [3.8, 4) is 0 Å². The Balaban J connectivity index is 1.67. The zero-order valence-corrected chi connectivity index (χ0v) is 26.5. The van der Waals surface area contributed by atoms with Gasteiger partial charge in [-0.25, -0.2) is 0 Å². The molecule has 2 unspecified atom stereocenters. The average Bonchev–Trinajstić information content (AvgIpc) is 3.77. The van der Waals surface area contributed by atoms with Gasteiger partial charge in [-0.1, -0.05) is 90.1 Å². The van der Waals surface area contributed by atoms with Crippen LogP contribution in [0.5, 0.6) is 0 Å². The third kappa shape index (κ3) is 5.77. The van der Waals surface area contributed by atoms with Gasteiger partial charge in [0.15, 0.2) is 0 Å². The van der Waals surface area contributed by atoms with Crippen LogP contribution in [-0.4, -0.2) is 9.97 Å². The molecule has 218 valence electrons. The Kier molecular flexibility index (Phi) is 9.52. The molecule has 2 N–H and O–H groups in total. The first-order valence-electron chi connectivity index (χ1n) is 16.2. The summed E-state index contributed by atoms with van der Waals surface area (Å²) in [5, 5.41) is 0. The fraction of sp³-hybridized carbons (Fsp3) is 0.350. The van der Waals surface area contributed by atoms with Gasteiger partial charge in [0.2, 0.25) is 0 Å². The van der Waals surface area contributed by atoms with Crippen LogP contribution in [0.2, 0.25) is 0 Å². The molecule has 2 aromatic heterocycles. The first-order chi connectivity index (χ1) is 20.6. The van der Waals surface area contributed by atoms with Crippen molar-refractivity contribution in [1.29, 1.82) is 0 Å². The number of benzene rings is 3. The average molecular weight is 557 g/mol. The van der Waals surface area contributed by atoms with Crippen molar-refractivity contribution < 1.29 is 0 Å². The van der Waals surface area contributed by atoms with Crippen LogP contribution in [-0.2, 0) is 38.5 Å². The number of H-pyrrole nitrogens is 2. The van der Waals surface area contributed by atoms with Gasteiger partial charge in [-0.15, -0.1) is 0 Å². The van der Waals surface area contributed by atoms with Gasteiger partial charge in [-0.3, -0.25) is 0 Å². The Hall–Kier alpha value is -3.78. The maximum atomic E-state index is 3.59. The number of aromatic amines is 2. The Morgan fingerprint density at radius 1 is 0.452 bits per heavy atom. The van der Waals surface area contributed by atoms with Crippen molar-refractivity contribution in [1.82, 2.24) is 9.97 Å². The van der Waals surface area contributed by atoms with Crippen LogP contribution in [0.3, 0.4) is 0 Å². The molecule has 2 atom stereocenters. The Labute approximate surface area is 253 Å². The second-order valence-electron chi connectivity index (χ2n) is 11.6. The molecule has 0 saturated heterocycles. The quantitative estimate of drug-likeness (QED) is 0.153. The van der Waals surface area contributed by atoms with E-state index in [1.54, 1.807) is 0 Å². The van der Waals surface area contributed by atoms with Gasteiger partial charge in [0, 0.05) is 35.6 Å². The number of hydrogen-bond acceptors (Lipinski definition) is 0. The standard InChI is InChI=1S/C40H48N2/c1-7-27-23-29(9-3)37(30(10-4)24-27)39(35-15-13-21-41-35)33-17-19-34(20-18-33)40(36-16-14-22-42-36)38-31(11-5)25-28(8-2)26-32(38)12-6/h13-26,39-42H,7-12H2,1-6H3. The van der Waals surface area contributed by atoms with Crippen molar-refractivity contribution >= 4 is 0 Å². The van der Waals surface area contributed by atoms with Crippen molar-refractivity contribution in [2.75, 3.05) is 0 Å². The van der Waals surface area contributed by atoms with E-state index in [2.05, 4.69) is 137 Å². The summed E-state index contributed by atoms with van der Waals surface area (Å²) < 4.78 is 0. The van der Waals surface area contributed by atoms with Crippen LogP contribution in [0.15, 0.2) is 85.2 Å². The molecular formula is C40H48N2. The lowest BCUT2D eigenvalue weighted by atomic mass is 9.78. The van der Waals surface area contributed by atoms with E-state index in [4.69, 9.17) is 0 Å². The van der Waals surface area contributed by atoms with Crippen molar-refractivity contribution in [2.45, 2.75) is 91.9 Å². The van der Waals surface area contributed by atoms with E-state index in [1.165, 1.54) is 67.0 Å². The summed E-state index contributed by atoms with van der Waals surface area (Å²) >= 11 is 0. The molecular weight excluding hydrogens is 508 g/mol. The van der Waals surface area contributed by atoms with Gasteiger partial charge in [-0.2, -0.15) is 0 Å². The second-order valence-corrected chi connectivity index (χ2v) is 11.6. The molecule has 0 radical (unpaired) electrons. The van der Waals surface area contributed by atoms with Crippen molar-refractivity contribution in [2.24, 2.45) is 0 Å². The molecule has 0 aliphatic carbocycles. The minimum Gasteiger partial charge on any atom is -0.364 e. The summed E-state index contributed by atoms with van der Waals surface area (Å²) in [5.41, 5.74) is 16.9. The van der Waals surface area contributed by atoms with Crippen LogP contribution in [0.1, 0.15) is 120 Å². The van der Waals surface area contributed by atoms with E-state index >= 15 is 0 Å². The third-order valence-electron chi connectivity index (χ3n) is 9.21. The number of aryl methyl sites for hydroxylation is 6. The number of nitrogens with one attached hydrogen (secondary N) is 2. The Morgan fingerprint density at radius 3 is 1.02 bits per heavy atom. The summed E-state index contributed by atoms with van der Waals surface area (Å²) in [6.45, 7) is 13.7. The number of rotatable bonds is 12. The normalized spacial score (nSPS) is 12.9. The second kappa shape index (κ2) is 13.5. The molecule has 5 aromatic rings. The molecule has 0 aliphatic heterocycles. The lowest BCUT2D eigenvalue weighted by Crippen LogP contribution is -2.13. The van der Waals surface area contributed by atoms with Crippen LogP contribution in [0.4, 0.5) is 0 Å². The van der Waals surface area contributed by atoms with Gasteiger partial charge in [0.05, 0.1) is 0 Å². The predicted molar refractivity (Wildman–Crippen MR) is 179 cm³/mol. The van der Waals surface area contributed by atoms with E-state index in [9.17, 15) is 0 Å². The SMILES string of the molecule is CCc1cc(CC)c(C(c2ccc(C(c3ccc[nH]3)c3c(CC)cc(CC)cc3CC)cc2)c2ccc[nH]2)c(CC)c1. The van der Waals surface area contributed by atoms with Crippen LogP contribution >= 0.6 is 0 Å². The molecule has 0 amide bonds. The molecule has 0 aliphatic rings. The van der Waals surface area contributed by atoms with Gasteiger partial charge in [0.1, 0.15) is 0 Å². The van der Waals surface area contributed by atoms with Gasteiger partial charge < -0.3 is 9.97 Å². The molecule has 0 saturated carbocycles. The summed E-state index contributed by atoms with van der Waals surface area (Å²) in [6.07, 6.45) is 10.4. The minimum absolute atomic E-state index is 0.176. The van der Waals surface area contributed by atoms with Crippen LogP contribution < -0.4 is 0 Å². The topological polar surface area (TPSA) is 31.6 Å². The summed E-state index contributed by atoms with van der Waals surface area (Å²) in [4.78, 5) is 7.17. The highest BCUT2D eigenvalue weighted by Crippen LogP contribution is 2.40. The number of hydrogen-bond donors (Lipinski definition) is 2. The highest BCUT2D eigenvalue weighted by molar-refractivity contribution is 5.54. The first-order valence-corrected chi connectivity index (χ1v) is 16.2. The van der Waals surface area contributed by atoms with Crippen LogP contribution in [0, 0.1) is 0 Å². The highest BCUT2D eigenvalue weighted by atomic mass is 14.7. The largest absolute Gasteiger partial charge is 0.364 e. The predicted octanol–water partition coefficient (Wildman–Crippen LogP) is 10.1. The molecule has 42 heavy (non-hydrogen) atoms. The van der Waals surface area contributed by atoms with Crippen LogP contribution in [0.25, 0.3) is 0 Å². The molecule has 2 heterocycles. The zero-order chi connectivity index (χ0) is 29.6. The molecule has 3 aromatic carbocycles. The van der Waals surface area contributed by atoms with E-state index in [1.807, 2.05) is 0 Å². The molecule has 2 heteroatoms. The molecule has 2 nitrogen and oxygen atoms in total. The van der Waals surface area contributed by atoms with E-state index in [-0.39, 0.29) is 11.8 Å². The maximum Gasteiger partial charge on any atom is 0.0496 e. The van der Waals surface area contributed by atoms with Crippen molar-refractivity contribution in [3.63, 3.8) is 0 Å². The molecule has 0 fully saturated rings. The monoisotopic (exact) mass is 556 g/mol. The van der Waals surface area contributed by atoms with Gasteiger partial charge in [0.25, 0.3) is 0 Å². The summed E-state index contributed by atoms with van der Waals surface area (Å²) in [5.74, 6) is 0.352. The highest BCUT2D eigenvalue weighted by Gasteiger charge is 2.26. The lowest BCUT2D eigenvalue weighted by Gasteiger charge is -2.27. The molecule has 0 spiro atoms. The Morgan fingerprint density at radius 2 is 0.786 bits per heavy atom. The maximum absolute atomic E-state index is 3.59.